The summed E-state index contributed by atoms with van der Waals surface area (Å²) in [5.74, 6) is 0. The van der Waals surface area contributed by atoms with E-state index in [2.05, 4.69) is 15.9 Å². The molecule has 0 radical (unpaired) electrons. The van der Waals surface area contributed by atoms with E-state index in [-0.39, 0.29) is 4.88 Å². The molecule has 74 valence electrons. The summed E-state index contributed by atoms with van der Waals surface area (Å²) in [6, 6.07) is 5.00. The van der Waals surface area contributed by atoms with Gasteiger partial charge in [0.1, 0.15) is 0 Å². The molecule has 0 N–H and O–H groups in total. The minimum Gasteiger partial charge on any atom is -0.204 e. The van der Waals surface area contributed by atoms with Gasteiger partial charge in [-0.2, -0.15) is 0 Å². The van der Waals surface area contributed by atoms with Crippen LogP contribution in [0, 0.1) is 0 Å². The maximum Gasteiger partial charge on any atom is 0.272 e. The summed E-state index contributed by atoms with van der Waals surface area (Å²) in [6.07, 6.45) is -2.43. The first-order chi connectivity index (χ1) is 6.59. The van der Waals surface area contributed by atoms with Crippen molar-refractivity contribution in [3.05, 3.63) is 32.6 Å². The van der Waals surface area contributed by atoms with Crippen molar-refractivity contribution in [2.75, 3.05) is 0 Å². The summed E-state index contributed by atoms with van der Waals surface area (Å²) in [6.45, 7) is 0. The van der Waals surface area contributed by atoms with E-state index in [9.17, 15) is 8.78 Å². The van der Waals surface area contributed by atoms with Crippen LogP contribution in [-0.2, 0) is 0 Å². The van der Waals surface area contributed by atoms with Crippen molar-refractivity contribution in [2.24, 2.45) is 0 Å². The number of rotatable bonds is 1. The average molecular weight is 298 g/mol. The van der Waals surface area contributed by atoms with Crippen LogP contribution >= 0.6 is 38.9 Å². The van der Waals surface area contributed by atoms with Crippen molar-refractivity contribution >= 4 is 49.0 Å². The Kier molecular flexibility index (Phi) is 2.77. The lowest BCUT2D eigenvalue weighted by Gasteiger charge is -1.95. The molecule has 1 aromatic carbocycles. The molecule has 0 atom stereocenters. The van der Waals surface area contributed by atoms with Crippen LogP contribution in [-0.4, -0.2) is 0 Å². The largest absolute Gasteiger partial charge is 0.272 e. The summed E-state index contributed by atoms with van der Waals surface area (Å²) >= 11 is 10.2. The van der Waals surface area contributed by atoms with E-state index in [0.717, 1.165) is 21.2 Å². The minimum absolute atomic E-state index is 0.0556. The zero-order valence-corrected chi connectivity index (χ0v) is 9.89. The summed E-state index contributed by atoms with van der Waals surface area (Å²) in [5.41, 5.74) is 0. The molecule has 1 aromatic heterocycles. The van der Waals surface area contributed by atoms with Gasteiger partial charge in [0.05, 0.1) is 14.6 Å². The van der Waals surface area contributed by atoms with Crippen molar-refractivity contribution in [2.45, 2.75) is 6.43 Å². The maximum atomic E-state index is 12.4. The molecule has 1 heterocycles. The highest BCUT2D eigenvalue weighted by molar-refractivity contribution is 9.10. The molecule has 5 heteroatoms. The number of thiophene rings is 1. The average Bonchev–Trinajstić information content (AvgIpc) is 2.56. The number of halogens is 4. The van der Waals surface area contributed by atoms with Crippen molar-refractivity contribution in [3.8, 4) is 0 Å². The van der Waals surface area contributed by atoms with E-state index >= 15 is 0 Å². The van der Waals surface area contributed by atoms with Crippen molar-refractivity contribution < 1.29 is 8.78 Å². The van der Waals surface area contributed by atoms with Crippen LogP contribution in [0.5, 0.6) is 0 Å². The lowest BCUT2D eigenvalue weighted by atomic mass is 10.2. The van der Waals surface area contributed by atoms with Crippen LogP contribution in [0.3, 0.4) is 0 Å². The lowest BCUT2D eigenvalue weighted by Crippen LogP contribution is -1.72. The fourth-order valence-electron chi connectivity index (χ4n) is 1.17. The Balaban J connectivity index is 2.71. The van der Waals surface area contributed by atoms with Gasteiger partial charge in [0.2, 0.25) is 0 Å². The Labute approximate surface area is 96.6 Å². The molecule has 0 saturated carbocycles. The molecule has 0 aliphatic carbocycles. The van der Waals surface area contributed by atoms with Gasteiger partial charge in [-0.15, -0.1) is 11.3 Å². The number of alkyl halides is 2. The van der Waals surface area contributed by atoms with Crippen molar-refractivity contribution in [1.29, 1.82) is 0 Å². The van der Waals surface area contributed by atoms with Gasteiger partial charge in [0, 0.05) is 4.47 Å². The second kappa shape index (κ2) is 3.76. The first-order valence-electron chi connectivity index (χ1n) is 3.75. The van der Waals surface area contributed by atoms with Crippen LogP contribution < -0.4 is 0 Å². The van der Waals surface area contributed by atoms with Crippen molar-refractivity contribution in [3.63, 3.8) is 0 Å². The monoisotopic (exact) mass is 296 g/mol. The predicted octanol–water partition coefficient (Wildman–Crippen LogP) is 5.25. The van der Waals surface area contributed by atoms with E-state index in [0.29, 0.717) is 9.72 Å². The molecule has 2 rings (SSSR count). The fraction of sp³-hybridized carbons (Fsp3) is 0.111. The second-order valence-electron chi connectivity index (χ2n) is 2.73. The van der Waals surface area contributed by atoms with Crippen LogP contribution in [0.15, 0.2) is 22.7 Å². The van der Waals surface area contributed by atoms with Gasteiger partial charge in [-0.05, 0) is 33.4 Å². The minimum atomic E-state index is -2.43. The molecule has 0 fully saturated rings. The number of hydrogen-bond donors (Lipinski definition) is 0. The highest BCUT2D eigenvalue weighted by Crippen LogP contribution is 2.39. The molecule has 0 unspecified atom stereocenters. The third kappa shape index (κ3) is 1.66. The summed E-state index contributed by atoms with van der Waals surface area (Å²) in [4.78, 5) is 0.0556. The zero-order chi connectivity index (χ0) is 10.3. The first kappa shape index (κ1) is 10.3. The maximum absolute atomic E-state index is 12.4. The molecular formula is C9H4BrClF2S. The predicted molar refractivity (Wildman–Crippen MR) is 59.5 cm³/mol. The molecule has 2 aromatic rings. The number of hydrogen-bond acceptors (Lipinski definition) is 1. The number of benzene rings is 1. The van der Waals surface area contributed by atoms with E-state index in [4.69, 9.17) is 11.6 Å². The first-order valence-corrected chi connectivity index (χ1v) is 5.74. The normalized spacial score (nSPS) is 11.5. The zero-order valence-electron chi connectivity index (χ0n) is 6.73. The Morgan fingerprint density at radius 3 is 2.71 bits per heavy atom. The standard InChI is InChI=1S/C9H4BrClF2S/c10-5-2-1-4-3-6(9(12)13)14-8(4)7(5)11/h1-3,9H. The summed E-state index contributed by atoms with van der Waals surface area (Å²) in [5, 5.41) is 1.26. The molecular weight excluding hydrogens is 294 g/mol. The molecule has 0 nitrogen and oxygen atoms in total. The highest BCUT2D eigenvalue weighted by Gasteiger charge is 2.13. The van der Waals surface area contributed by atoms with Gasteiger partial charge >= 0.3 is 0 Å². The fourth-order valence-corrected chi connectivity index (χ4v) is 2.88. The van der Waals surface area contributed by atoms with E-state index in [1.54, 1.807) is 12.1 Å². The Bertz CT molecular complexity index is 481. The third-order valence-electron chi connectivity index (χ3n) is 1.81. The summed E-state index contributed by atoms with van der Waals surface area (Å²) < 4.78 is 26.2. The van der Waals surface area contributed by atoms with Gasteiger partial charge in [0.15, 0.2) is 0 Å². The van der Waals surface area contributed by atoms with E-state index in [1.807, 2.05) is 0 Å². The SMILES string of the molecule is FC(F)c1cc2ccc(Br)c(Cl)c2s1. The van der Waals surface area contributed by atoms with Crippen LogP contribution in [0.25, 0.3) is 10.1 Å². The smallest absolute Gasteiger partial charge is 0.204 e. The molecule has 0 spiro atoms. The van der Waals surface area contributed by atoms with Crippen LogP contribution in [0.4, 0.5) is 8.78 Å². The Morgan fingerprint density at radius 2 is 2.07 bits per heavy atom. The number of fused-ring (bicyclic) bond motifs is 1. The summed E-state index contributed by atoms with van der Waals surface area (Å²) in [7, 11) is 0. The Hall–Kier alpha value is -0.190. The second-order valence-corrected chi connectivity index (χ2v) is 5.05. The van der Waals surface area contributed by atoms with E-state index < -0.39 is 6.43 Å². The topological polar surface area (TPSA) is 0 Å². The van der Waals surface area contributed by atoms with Gasteiger partial charge in [-0.25, -0.2) is 8.78 Å². The molecule has 0 aliphatic heterocycles. The highest BCUT2D eigenvalue weighted by atomic mass is 79.9. The van der Waals surface area contributed by atoms with Crippen molar-refractivity contribution in [1.82, 2.24) is 0 Å². The molecule has 14 heavy (non-hydrogen) atoms. The molecule has 0 saturated heterocycles. The Morgan fingerprint density at radius 1 is 1.36 bits per heavy atom. The van der Waals surface area contributed by atoms with Crippen LogP contribution in [0.2, 0.25) is 5.02 Å². The van der Waals surface area contributed by atoms with Gasteiger partial charge in [-0.1, -0.05) is 17.7 Å². The van der Waals surface area contributed by atoms with Gasteiger partial charge < -0.3 is 0 Å². The molecule has 0 bridgehead atoms. The molecule has 0 amide bonds. The lowest BCUT2D eigenvalue weighted by molar-refractivity contribution is 0.156. The van der Waals surface area contributed by atoms with E-state index in [1.165, 1.54) is 6.07 Å². The van der Waals surface area contributed by atoms with Crippen LogP contribution in [0.1, 0.15) is 11.3 Å². The quantitative estimate of drug-likeness (QED) is 0.674. The molecule has 0 aliphatic rings. The third-order valence-corrected chi connectivity index (χ3v) is 4.38. The van der Waals surface area contributed by atoms with Gasteiger partial charge in [0.25, 0.3) is 6.43 Å². The van der Waals surface area contributed by atoms with Gasteiger partial charge in [-0.3, -0.25) is 0 Å².